The fraction of sp³-hybridized carbons (Fsp3) is 0.0588. The van der Waals surface area contributed by atoms with Crippen LogP contribution in [0.15, 0.2) is 53.2 Å². The molecule has 0 saturated carbocycles. The number of halogens is 3. The van der Waals surface area contributed by atoms with Gasteiger partial charge in [-0.15, -0.1) is 0 Å². The maximum absolute atomic E-state index is 13.2. The van der Waals surface area contributed by atoms with Crippen molar-refractivity contribution in [2.45, 2.75) is 6.92 Å². The topological polar surface area (TPSA) is 49.4 Å². The lowest BCUT2D eigenvalue weighted by Gasteiger charge is -2.15. The molecule has 7 heteroatoms. The molecule has 0 unspecified atom stereocenters. The van der Waals surface area contributed by atoms with E-state index in [1.807, 2.05) is 6.92 Å². The van der Waals surface area contributed by atoms with E-state index in [1.54, 1.807) is 24.3 Å². The van der Waals surface area contributed by atoms with E-state index in [0.717, 1.165) is 16.5 Å². The summed E-state index contributed by atoms with van der Waals surface area (Å²) in [6.07, 6.45) is 0. The summed E-state index contributed by atoms with van der Waals surface area (Å²) in [5.74, 6) is -1.80. The Kier molecular flexibility index (Phi) is 4.30. The molecule has 0 fully saturated rings. The molecule has 0 atom stereocenters. The second kappa shape index (κ2) is 6.26. The van der Waals surface area contributed by atoms with Crippen LogP contribution in [-0.4, -0.2) is 11.8 Å². The third-order valence-corrected chi connectivity index (χ3v) is 4.15. The summed E-state index contributed by atoms with van der Waals surface area (Å²) in [6.45, 7) is 1.90. The van der Waals surface area contributed by atoms with Crippen molar-refractivity contribution in [1.29, 1.82) is 0 Å². The molecule has 0 radical (unpaired) electrons. The third kappa shape index (κ3) is 2.88. The highest BCUT2D eigenvalue weighted by Crippen LogP contribution is 2.31. The second-order valence-electron chi connectivity index (χ2n) is 5.22. The molecule has 122 valence electrons. The van der Waals surface area contributed by atoms with Gasteiger partial charge in [0.1, 0.15) is 16.5 Å². The van der Waals surface area contributed by atoms with E-state index in [2.05, 4.69) is 5.32 Å². The van der Waals surface area contributed by atoms with Gasteiger partial charge in [0.2, 0.25) is 0 Å². The van der Waals surface area contributed by atoms with Crippen LogP contribution in [0.5, 0.6) is 0 Å². The van der Waals surface area contributed by atoms with E-state index in [9.17, 15) is 14.0 Å². The Balaban J connectivity index is 1.91. The van der Waals surface area contributed by atoms with E-state index >= 15 is 0 Å². The maximum atomic E-state index is 13.2. The van der Waals surface area contributed by atoms with Crippen molar-refractivity contribution in [3.63, 3.8) is 0 Å². The van der Waals surface area contributed by atoms with E-state index in [1.165, 1.54) is 12.1 Å². The first-order chi connectivity index (χ1) is 11.4. The first-order valence-corrected chi connectivity index (χ1v) is 7.71. The van der Waals surface area contributed by atoms with Crippen molar-refractivity contribution in [1.82, 2.24) is 0 Å². The summed E-state index contributed by atoms with van der Waals surface area (Å²) in [4.78, 5) is 25.9. The fourth-order valence-electron chi connectivity index (χ4n) is 2.26. The van der Waals surface area contributed by atoms with Gasteiger partial charge in [-0.1, -0.05) is 40.9 Å². The summed E-state index contributed by atoms with van der Waals surface area (Å²) in [5.41, 5.74) is 1.69. The Bertz CT molecular complexity index is 879. The minimum Gasteiger partial charge on any atom is -0.350 e. The predicted molar refractivity (Wildman–Crippen MR) is 91.6 cm³/mol. The molecule has 2 aromatic rings. The highest BCUT2D eigenvalue weighted by atomic mass is 35.5. The number of nitrogens with one attached hydrogen (secondary N) is 1. The van der Waals surface area contributed by atoms with Gasteiger partial charge in [0, 0.05) is 5.69 Å². The van der Waals surface area contributed by atoms with Gasteiger partial charge in [0.15, 0.2) is 0 Å². The molecule has 2 amide bonds. The lowest BCUT2D eigenvalue weighted by molar-refractivity contribution is -0.120. The Morgan fingerprint density at radius 1 is 1.00 bits per heavy atom. The average molecular weight is 365 g/mol. The number of carbonyl (C=O) groups excluding carboxylic acids is 2. The van der Waals surface area contributed by atoms with Gasteiger partial charge in [-0.2, -0.15) is 0 Å². The van der Waals surface area contributed by atoms with E-state index in [4.69, 9.17) is 23.2 Å². The lowest BCUT2D eigenvalue weighted by Crippen LogP contribution is -2.32. The highest BCUT2D eigenvalue weighted by Gasteiger charge is 2.38. The van der Waals surface area contributed by atoms with Gasteiger partial charge in [-0.3, -0.25) is 9.59 Å². The van der Waals surface area contributed by atoms with Crippen molar-refractivity contribution in [3.05, 3.63) is 69.6 Å². The van der Waals surface area contributed by atoms with Crippen LogP contribution in [0.3, 0.4) is 0 Å². The quantitative estimate of drug-likeness (QED) is 0.829. The molecular formula is C17H11Cl2FN2O2. The Morgan fingerprint density at radius 3 is 2.29 bits per heavy atom. The lowest BCUT2D eigenvalue weighted by atomic mass is 10.2. The van der Waals surface area contributed by atoms with Crippen molar-refractivity contribution in [2.24, 2.45) is 0 Å². The number of nitrogens with zero attached hydrogens (tertiary/aromatic N) is 1. The SMILES string of the molecule is Cc1ccc(N2C(=O)C(Cl)=C(Nc3ccc(F)c(Cl)c3)C2=O)cc1. The Morgan fingerprint density at radius 2 is 1.67 bits per heavy atom. The molecular weight excluding hydrogens is 354 g/mol. The molecule has 0 bridgehead atoms. The number of hydrogen-bond donors (Lipinski definition) is 1. The number of aryl methyl sites for hydroxylation is 1. The van der Waals surface area contributed by atoms with E-state index < -0.39 is 17.6 Å². The first kappa shape index (κ1) is 16.5. The molecule has 1 N–H and O–H groups in total. The molecule has 0 saturated heterocycles. The van der Waals surface area contributed by atoms with E-state index in [0.29, 0.717) is 11.4 Å². The number of amides is 2. The summed E-state index contributed by atoms with van der Waals surface area (Å²) in [6, 6.07) is 10.7. The van der Waals surface area contributed by atoms with Gasteiger partial charge >= 0.3 is 0 Å². The molecule has 24 heavy (non-hydrogen) atoms. The van der Waals surface area contributed by atoms with Gasteiger partial charge in [-0.05, 0) is 37.3 Å². The Labute approximate surface area is 147 Å². The molecule has 0 aromatic heterocycles. The van der Waals surface area contributed by atoms with Crippen molar-refractivity contribution in [3.8, 4) is 0 Å². The standard InChI is InChI=1S/C17H11Cl2FN2O2/c1-9-2-5-11(6-3-9)22-16(23)14(19)15(17(22)24)21-10-4-7-13(20)12(18)8-10/h2-8,21H,1H3. The molecule has 0 aliphatic carbocycles. The van der Waals surface area contributed by atoms with Crippen LogP contribution in [0.2, 0.25) is 5.02 Å². The summed E-state index contributed by atoms with van der Waals surface area (Å²) in [7, 11) is 0. The largest absolute Gasteiger partial charge is 0.350 e. The zero-order valence-corrected chi connectivity index (χ0v) is 14.0. The Hall–Kier alpha value is -2.37. The van der Waals surface area contributed by atoms with Crippen LogP contribution in [-0.2, 0) is 9.59 Å². The van der Waals surface area contributed by atoms with Crippen LogP contribution >= 0.6 is 23.2 Å². The number of anilines is 2. The first-order valence-electron chi connectivity index (χ1n) is 6.96. The molecule has 1 aliphatic heterocycles. The molecule has 4 nitrogen and oxygen atoms in total. The predicted octanol–water partition coefficient (Wildman–Crippen LogP) is 4.22. The number of imide groups is 1. The van der Waals surface area contributed by atoms with Crippen LogP contribution < -0.4 is 10.2 Å². The monoisotopic (exact) mass is 364 g/mol. The molecule has 3 rings (SSSR count). The van der Waals surface area contributed by atoms with Gasteiger partial charge in [0.25, 0.3) is 11.8 Å². The normalized spacial score (nSPS) is 14.6. The number of hydrogen-bond acceptors (Lipinski definition) is 3. The van der Waals surface area contributed by atoms with Gasteiger partial charge in [-0.25, -0.2) is 9.29 Å². The average Bonchev–Trinajstić information content (AvgIpc) is 2.76. The maximum Gasteiger partial charge on any atom is 0.283 e. The van der Waals surface area contributed by atoms with Crippen molar-refractivity contribution < 1.29 is 14.0 Å². The minimum absolute atomic E-state index is 0.0788. The molecule has 0 spiro atoms. The molecule has 1 aliphatic rings. The van der Waals surface area contributed by atoms with Gasteiger partial charge < -0.3 is 5.32 Å². The summed E-state index contributed by atoms with van der Waals surface area (Å²) in [5, 5.41) is 2.39. The number of benzene rings is 2. The van der Waals surface area contributed by atoms with E-state index in [-0.39, 0.29) is 15.8 Å². The number of carbonyl (C=O) groups is 2. The highest BCUT2D eigenvalue weighted by molar-refractivity contribution is 6.53. The fourth-order valence-corrected chi connectivity index (χ4v) is 2.65. The number of rotatable bonds is 3. The molecule has 1 heterocycles. The third-order valence-electron chi connectivity index (χ3n) is 3.51. The zero-order chi connectivity index (χ0) is 17.4. The van der Waals surface area contributed by atoms with Crippen molar-refractivity contribution in [2.75, 3.05) is 10.2 Å². The van der Waals surface area contributed by atoms with Gasteiger partial charge in [0.05, 0.1) is 10.7 Å². The smallest absolute Gasteiger partial charge is 0.283 e. The zero-order valence-electron chi connectivity index (χ0n) is 12.4. The molecule has 2 aromatic carbocycles. The van der Waals surface area contributed by atoms with Crippen LogP contribution in [0, 0.1) is 12.7 Å². The summed E-state index contributed by atoms with van der Waals surface area (Å²) >= 11 is 11.7. The van der Waals surface area contributed by atoms with Crippen LogP contribution in [0.25, 0.3) is 0 Å². The second-order valence-corrected chi connectivity index (χ2v) is 6.01. The van der Waals surface area contributed by atoms with Crippen LogP contribution in [0.1, 0.15) is 5.56 Å². The van der Waals surface area contributed by atoms with Crippen LogP contribution in [0.4, 0.5) is 15.8 Å². The van der Waals surface area contributed by atoms with Crippen molar-refractivity contribution >= 4 is 46.4 Å². The summed E-state index contributed by atoms with van der Waals surface area (Å²) < 4.78 is 13.2. The minimum atomic E-state index is -0.624.